The molecule has 0 aliphatic carbocycles. The standard InChI is InChI=1S/C25H28N6O4/c1-15-20(28-16(2)34-15)14-31(4)23(32)19-11-18(21(33-5)13-27-19)22-29-30-24(35-22)25(3,26)12-17-9-7-6-8-10-17/h6-11,13H,12,14,26H2,1-5H3/t25-/m1/s1. The van der Waals surface area contributed by atoms with Crippen LogP contribution in [-0.2, 0) is 18.5 Å². The Labute approximate surface area is 203 Å². The number of carbonyl (C=O) groups excluding carboxylic acids is 1. The minimum Gasteiger partial charge on any atom is -0.494 e. The van der Waals surface area contributed by atoms with Gasteiger partial charge in [-0.1, -0.05) is 30.3 Å². The van der Waals surface area contributed by atoms with Crippen LogP contribution >= 0.6 is 0 Å². The Morgan fingerprint density at radius 2 is 1.91 bits per heavy atom. The molecule has 1 aromatic carbocycles. The van der Waals surface area contributed by atoms with Crippen LogP contribution in [-0.4, -0.2) is 45.1 Å². The predicted octanol–water partition coefficient (Wildman–Crippen LogP) is 3.43. The zero-order valence-electron chi connectivity index (χ0n) is 20.4. The summed E-state index contributed by atoms with van der Waals surface area (Å²) in [7, 11) is 3.18. The van der Waals surface area contributed by atoms with Crippen LogP contribution in [0.4, 0.5) is 0 Å². The summed E-state index contributed by atoms with van der Waals surface area (Å²) < 4.78 is 16.8. The van der Waals surface area contributed by atoms with Crippen LogP contribution < -0.4 is 10.5 Å². The Bertz CT molecular complexity index is 1330. The van der Waals surface area contributed by atoms with E-state index in [-0.39, 0.29) is 29.9 Å². The first kappa shape index (κ1) is 24.1. The van der Waals surface area contributed by atoms with E-state index >= 15 is 0 Å². The molecule has 3 aromatic heterocycles. The van der Waals surface area contributed by atoms with Crippen molar-refractivity contribution in [2.24, 2.45) is 5.73 Å². The summed E-state index contributed by atoms with van der Waals surface area (Å²) in [5.41, 5.74) is 8.01. The van der Waals surface area contributed by atoms with Gasteiger partial charge in [0.2, 0.25) is 5.89 Å². The number of methoxy groups -OCH3 is 1. The highest BCUT2D eigenvalue weighted by Gasteiger charge is 2.30. The molecular formula is C25H28N6O4. The highest BCUT2D eigenvalue weighted by Crippen LogP contribution is 2.31. The van der Waals surface area contributed by atoms with Gasteiger partial charge in [0.1, 0.15) is 22.9 Å². The van der Waals surface area contributed by atoms with E-state index in [1.54, 1.807) is 20.0 Å². The van der Waals surface area contributed by atoms with Gasteiger partial charge in [0, 0.05) is 14.0 Å². The van der Waals surface area contributed by atoms with Gasteiger partial charge in [-0.2, -0.15) is 0 Å². The number of nitrogens with two attached hydrogens (primary N) is 1. The van der Waals surface area contributed by atoms with Crippen molar-refractivity contribution in [1.29, 1.82) is 0 Å². The largest absolute Gasteiger partial charge is 0.494 e. The molecule has 0 fully saturated rings. The van der Waals surface area contributed by atoms with Gasteiger partial charge >= 0.3 is 0 Å². The first-order valence-corrected chi connectivity index (χ1v) is 11.1. The number of nitrogens with zero attached hydrogens (tertiary/aromatic N) is 5. The molecule has 10 heteroatoms. The van der Waals surface area contributed by atoms with Gasteiger partial charge in [0.05, 0.1) is 31.0 Å². The van der Waals surface area contributed by atoms with Crippen molar-refractivity contribution < 1.29 is 18.4 Å². The summed E-state index contributed by atoms with van der Waals surface area (Å²) in [5.74, 6) is 1.77. The van der Waals surface area contributed by atoms with E-state index in [0.717, 1.165) is 5.56 Å². The van der Waals surface area contributed by atoms with Crippen LogP contribution in [0, 0.1) is 13.8 Å². The third-order valence-corrected chi connectivity index (χ3v) is 5.60. The molecule has 35 heavy (non-hydrogen) atoms. The van der Waals surface area contributed by atoms with Gasteiger partial charge in [-0.15, -0.1) is 10.2 Å². The normalized spacial score (nSPS) is 12.9. The minimum atomic E-state index is -0.890. The number of carbonyl (C=O) groups is 1. The number of hydrogen-bond acceptors (Lipinski definition) is 9. The summed E-state index contributed by atoms with van der Waals surface area (Å²) in [6.07, 6.45) is 1.97. The lowest BCUT2D eigenvalue weighted by atomic mass is 9.94. The van der Waals surface area contributed by atoms with Crippen LogP contribution in [0.3, 0.4) is 0 Å². The van der Waals surface area contributed by atoms with Crippen molar-refractivity contribution in [1.82, 2.24) is 25.1 Å². The molecule has 0 unspecified atom stereocenters. The lowest BCUT2D eigenvalue weighted by molar-refractivity contribution is 0.0777. The maximum Gasteiger partial charge on any atom is 0.272 e. The lowest BCUT2D eigenvalue weighted by Gasteiger charge is -2.20. The average Bonchev–Trinajstić information content (AvgIpc) is 3.45. The quantitative estimate of drug-likeness (QED) is 0.406. The number of rotatable bonds is 8. The summed E-state index contributed by atoms with van der Waals surface area (Å²) in [5, 5.41) is 8.36. The van der Waals surface area contributed by atoms with Crippen molar-refractivity contribution in [3.05, 3.63) is 77.1 Å². The molecule has 1 amide bonds. The first-order valence-electron chi connectivity index (χ1n) is 11.1. The number of pyridine rings is 1. The Hall–Kier alpha value is -4.05. The van der Waals surface area contributed by atoms with E-state index in [2.05, 4.69) is 20.2 Å². The number of ether oxygens (including phenoxy) is 1. The molecule has 3 heterocycles. The molecule has 0 aliphatic heterocycles. The third-order valence-electron chi connectivity index (χ3n) is 5.60. The smallest absolute Gasteiger partial charge is 0.272 e. The summed E-state index contributed by atoms with van der Waals surface area (Å²) >= 11 is 0. The summed E-state index contributed by atoms with van der Waals surface area (Å²) in [4.78, 5) is 23.2. The minimum absolute atomic E-state index is 0.184. The maximum absolute atomic E-state index is 13.1. The molecule has 0 aliphatic rings. The maximum atomic E-state index is 13.1. The van der Waals surface area contributed by atoms with Crippen molar-refractivity contribution in [2.45, 2.75) is 39.3 Å². The Kier molecular flexibility index (Phi) is 6.65. The fourth-order valence-corrected chi connectivity index (χ4v) is 3.76. The van der Waals surface area contributed by atoms with Crippen LogP contribution in [0.15, 0.2) is 51.4 Å². The number of aromatic nitrogens is 4. The molecule has 4 rings (SSSR count). The second-order valence-corrected chi connectivity index (χ2v) is 8.66. The number of hydrogen-bond donors (Lipinski definition) is 1. The van der Waals surface area contributed by atoms with Gasteiger partial charge in [0.15, 0.2) is 5.89 Å². The Morgan fingerprint density at radius 3 is 2.57 bits per heavy atom. The zero-order valence-corrected chi connectivity index (χ0v) is 20.4. The fourth-order valence-electron chi connectivity index (χ4n) is 3.76. The number of benzene rings is 1. The molecule has 0 spiro atoms. The van der Waals surface area contributed by atoms with Gasteiger partial charge in [-0.25, -0.2) is 9.97 Å². The number of amides is 1. The molecule has 1 atom stereocenters. The highest BCUT2D eigenvalue weighted by molar-refractivity contribution is 5.93. The zero-order chi connectivity index (χ0) is 25.2. The third kappa shape index (κ3) is 5.22. The molecule has 0 saturated carbocycles. The highest BCUT2D eigenvalue weighted by atomic mass is 16.5. The molecule has 0 bridgehead atoms. The van der Waals surface area contributed by atoms with E-state index in [4.69, 9.17) is 19.3 Å². The van der Waals surface area contributed by atoms with Crippen molar-refractivity contribution in [3.63, 3.8) is 0 Å². The Balaban J connectivity index is 1.59. The monoisotopic (exact) mass is 476 g/mol. The first-order chi connectivity index (χ1) is 16.7. The number of aryl methyl sites for hydroxylation is 2. The van der Waals surface area contributed by atoms with Gasteiger partial charge in [-0.3, -0.25) is 4.79 Å². The van der Waals surface area contributed by atoms with E-state index in [1.807, 2.05) is 44.2 Å². The molecule has 0 saturated heterocycles. The Morgan fingerprint density at radius 1 is 1.17 bits per heavy atom. The summed E-state index contributed by atoms with van der Waals surface area (Å²) in [6, 6.07) is 11.4. The molecule has 10 nitrogen and oxygen atoms in total. The van der Waals surface area contributed by atoms with Crippen molar-refractivity contribution >= 4 is 5.91 Å². The molecule has 0 radical (unpaired) electrons. The van der Waals surface area contributed by atoms with Gasteiger partial charge < -0.3 is 24.2 Å². The fraction of sp³-hybridized carbons (Fsp3) is 0.320. The van der Waals surface area contributed by atoms with E-state index in [9.17, 15) is 4.79 Å². The van der Waals surface area contributed by atoms with Crippen LogP contribution in [0.5, 0.6) is 5.75 Å². The van der Waals surface area contributed by atoms with Gasteiger partial charge in [0.25, 0.3) is 11.8 Å². The second-order valence-electron chi connectivity index (χ2n) is 8.66. The van der Waals surface area contributed by atoms with E-state index < -0.39 is 5.54 Å². The second kappa shape index (κ2) is 9.67. The van der Waals surface area contributed by atoms with E-state index in [0.29, 0.717) is 35.1 Å². The van der Waals surface area contributed by atoms with Crippen molar-refractivity contribution in [3.8, 4) is 17.2 Å². The molecular weight excluding hydrogens is 448 g/mol. The summed E-state index contributed by atoms with van der Waals surface area (Å²) in [6.45, 7) is 5.69. The predicted molar refractivity (Wildman–Crippen MR) is 128 cm³/mol. The number of oxazole rings is 1. The van der Waals surface area contributed by atoms with Crippen LogP contribution in [0.25, 0.3) is 11.5 Å². The SMILES string of the molecule is COc1cnc(C(=O)N(C)Cc2nc(C)oc2C)cc1-c1nnc([C@](C)(N)Cc2ccccc2)o1. The van der Waals surface area contributed by atoms with Crippen LogP contribution in [0.2, 0.25) is 0 Å². The lowest BCUT2D eigenvalue weighted by Crippen LogP contribution is -2.35. The van der Waals surface area contributed by atoms with Crippen molar-refractivity contribution in [2.75, 3.05) is 14.2 Å². The van der Waals surface area contributed by atoms with E-state index in [1.165, 1.54) is 18.2 Å². The average molecular weight is 477 g/mol. The molecule has 4 aromatic rings. The van der Waals surface area contributed by atoms with Gasteiger partial charge in [-0.05, 0) is 31.9 Å². The molecule has 182 valence electrons. The topological polar surface area (TPSA) is 133 Å². The van der Waals surface area contributed by atoms with Crippen LogP contribution in [0.1, 0.15) is 46.2 Å². The molecule has 2 N–H and O–H groups in total.